The van der Waals surface area contributed by atoms with Crippen LogP contribution in [0.25, 0.3) is 0 Å². The van der Waals surface area contributed by atoms with Gasteiger partial charge >= 0.3 is 12.7 Å². The van der Waals surface area contributed by atoms with Gasteiger partial charge in [0.25, 0.3) is 5.88 Å². The smallest absolute Gasteiger partial charge is 0.410 e. The summed E-state index contributed by atoms with van der Waals surface area (Å²) in [5.74, 6) is -0.190. The van der Waals surface area contributed by atoms with E-state index in [4.69, 9.17) is 4.74 Å². The second-order valence-electron chi connectivity index (χ2n) is 6.28. The maximum Gasteiger partial charge on any atom is 0.410 e. The van der Waals surface area contributed by atoms with Crippen molar-refractivity contribution < 1.29 is 23.0 Å². The quantitative estimate of drug-likeness (QED) is 0.823. The molecule has 1 amide bonds. The number of carbonyl (C=O) groups is 1. The van der Waals surface area contributed by atoms with Crippen LogP contribution in [0.15, 0.2) is 10.8 Å². The number of halogens is 3. The molecule has 1 fully saturated rings. The number of hydrogen-bond donors (Lipinski definition) is 1. The fourth-order valence-corrected chi connectivity index (χ4v) is 2.44. The van der Waals surface area contributed by atoms with Gasteiger partial charge in [-0.1, -0.05) is 0 Å². The molecule has 1 saturated heterocycles. The number of anilines is 1. The molecule has 0 radical (unpaired) electrons. The zero-order valence-electron chi connectivity index (χ0n) is 13.6. The molecule has 24 heavy (non-hydrogen) atoms. The molecule has 1 aliphatic heterocycles. The number of likely N-dealkylation sites (tertiary alicyclic amines) is 1. The van der Waals surface area contributed by atoms with Crippen LogP contribution in [0.1, 0.15) is 27.2 Å². The van der Waals surface area contributed by atoms with Gasteiger partial charge in [0, 0.05) is 19.1 Å². The summed E-state index contributed by atoms with van der Waals surface area (Å²) in [6.07, 6.45) is 1.60. The van der Waals surface area contributed by atoms with Gasteiger partial charge in [0.2, 0.25) is 0 Å². The van der Waals surface area contributed by atoms with E-state index in [1.54, 1.807) is 25.7 Å². The van der Waals surface area contributed by atoms with Crippen LogP contribution < -0.4 is 10.1 Å². The molecule has 1 aromatic rings. The predicted molar refractivity (Wildman–Crippen MR) is 86.2 cm³/mol. The molecule has 0 spiro atoms. The van der Waals surface area contributed by atoms with Crippen molar-refractivity contribution >= 4 is 27.8 Å². The minimum atomic E-state index is -3.00. The van der Waals surface area contributed by atoms with Crippen LogP contribution in [0, 0.1) is 0 Å². The van der Waals surface area contributed by atoms with Crippen molar-refractivity contribution in [2.75, 3.05) is 18.4 Å². The first-order valence-electron chi connectivity index (χ1n) is 7.36. The molecule has 1 aliphatic rings. The summed E-state index contributed by atoms with van der Waals surface area (Å²) >= 11 is 3.06. The number of ether oxygens (including phenoxy) is 2. The van der Waals surface area contributed by atoms with Crippen LogP contribution in [-0.2, 0) is 4.74 Å². The minimum Gasteiger partial charge on any atom is -0.444 e. The molecular formula is C14H19BrF2N4O3. The second kappa shape index (κ2) is 7.45. The lowest BCUT2D eigenvalue weighted by atomic mass is 10.2. The molecule has 1 aromatic heterocycles. The van der Waals surface area contributed by atoms with Crippen LogP contribution >= 0.6 is 15.9 Å². The maximum absolute atomic E-state index is 12.5. The largest absolute Gasteiger partial charge is 0.444 e. The summed E-state index contributed by atoms with van der Waals surface area (Å²) in [4.78, 5) is 21.4. The molecule has 2 rings (SSSR count). The second-order valence-corrected chi connectivity index (χ2v) is 7.09. The minimum absolute atomic E-state index is 0.106. The number of nitrogens with zero attached hydrogens (tertiary/aromatic N) is 3. The lowest BCUT2D eigenvalue weighted by Gasteiger charge is -2.24. The van der Waals surface area contributed by atoms with E-state index in [0.717, 1.165) is 0 Å². The average molecular weight is 409 g/mol. The summed E-state index contributed by atoms with van der Waals surface area (Å²) < 4.78 is 34.9. The van der Waals surface area contributed by atoms with Gasteiger partial charge < -0.3 is 19.7 Å². The monoisotopic (exact) mass is 408 g/mol. The normalized spacial score (nSPS) is 18.0. The molecule has 0 saturated carbocycles. The van der Waals surface area contributed by atoms with Crippen LogP contribution in [0.5, 0.6) is 5.88 Å². The van der Waals surface area contributed by atoms with Crippen molar-refractivity contribution in [1.82, 2.24) is 14.9 Å². The van der Waals surface area contributed by atoms with Gasteiger partial charge in [-0.15, -0.1) is 0 Å². The first kappa shape index (κ1) is 18.6. The van der Waals surface area contributed by atoms with Gasteiger partial charge in [-0.25, -0.2) is 14.8 Å². The van der Waals surface area contributed by atoms with Gasteiger partial charge in [0.15, 0.2) is 5.82 Å². The van der Waals surface area contributed by atoms with Crippen molar-refractivity contribution in [3.05, 3.63) is 10.8 Å². The Balaban J connectivity index is 1.99. The molecular weight excluding hydrogens is 390 g/mol. The number of alkyl halides is 2. The van der Waals surface area contributed by atoms with Crippen LogP contribution in [0.2, 0.25) is 0 Å². The van der Waals surface area contributed by atoms with Crippen molar-refractivity contribution in [2.45, 2.75) is 45.4 Å². The lowest BCUT2D eigenvalue weighted by molar-refractivity contribution is -0.0526. The van der Waals surface area contributed by atoms with E-state index in [-0.39, 0.29) is 22.3 Å². The molecule has 1 atom stereocenters. The van der Waals surface area contributed by atoms with Gasteiger partial charge in [0.1, 0.15) is 10.2 Å². The van der Waals surface area contributed by atoms with Gasteiger partial charge in [0.05, 0.1) is 6.20 Å². The predicted octanol–water partition coefficient (Wildman–Crippen LogP) is 3.26. The Bertz CT molecular complexity index is 598. The standard InChI is InChI=1S/C14H19BrF2N4O3/c1-14(2,3)24-13(22)21-5-4-8(7-21)19-10-11(23-12(16)17)20-9(15)6-18-10/h6,8,12H,4-5,7H2,1-3H3,(H,18,19). The van der Waals surface area contributed by atoms with E-state index in [0.29, 0.717) is 19.5 Å². The zero-order chi connectivity index (χ0) is 17.9. The molecule has 134 valence electrons. The molecule has 0 aromatic carbocycles. The number of carbonyl (C=O) groups excluding carboxylic acids is 1. The highest BCUT2D eigenvalue weighted by Crippen LogP contribution is 2.26. The average Bonchev–Trinajstić information content (AvgIpc) is 2.88. The highest BCUT2D eigenvalue weighted by molar-refractivity contribution is 9.10. The summed E-state index contributed by atoms with van der Waals surface area (Å²) in [5, 5.41) is 2.99. The van der Waals surface area contributed by atoms with Crippen molar-refractivity contribution in [2.24, 2.45) is 0 Å². The van der Waals surface area contributed by atoms with Crippen molar-refractivity contribution in [3.63, 3.8) is 0 Å². The fourth-order valence-electron chi connectivity index (χ4n) is 2.18. The molecule has 7 nitrogen and oxygen atoms in total. The highest BCUT2D eigenvalue weighted by atomic mass is 79.9. The molecule has 0 aliphatic carbocycles. The van der Waals surface area contributed by atoms with Crippen LogP contribution in [-0.4, -0.2) is 52.3 Å². The Morgan fingerprint density at radius 2 is 2.21 bits per heavy atom. The molecule has 0 bridgehead atoms. The maximum atomic E-state index is 12.5. The third-order valence-corrected chi connectivity index (χ3v) is 3.47. The summed E-state index contributed by atoms with van der Waals surface area (Å²) in [6.45, 7) is 3.25. The Kier molecular flexibility index (Phi) is 5.79. The van der Waals surface area contributed by atoms with E-state index < -0.39 is 18.3 Å². The number of rotatable bonds is 4. The number of aromatic nitrogens is 2. The van der Waals surface area contributed by atoms with Gasteiger partial charge in [-0.2, -0.15) is 8.78 Å². The lowest BCUT2D eigenvalue weighted by Crippen LogP contribution is -2.36. The fraction of sp³-hybridized carbons (Fsp3) is 0.643. The first-order valence-corrected chi connectivity index (χ1v) is 8.15. The Morgan fingerprint density at radius 1 is 1.50 bits per heavy atom. The van der Waals surface area contributed by atoms with Crippen LogP contribution in [0.4, 0.5) is 19.4 Å². The molecule has 1 unspecified atom stereocenters. The van der Waals surface area contributed by atoms with E-state index in [1.165, 1.54) is 6.20 Å². The first-order chi connectivity index (χ1) is 11.1. The van der Waals surface area contributed by atoms with Crippen molar-refractivity contribution in [1.29, 1.82) is 0 Å². The van der Waals surface area contributed by atoms with Gasteiger partial charge in [-0.05, 0) is 43.1 Å². The molecule has 10 heteroatoms. The molecule has 2 heterocycles. The van der Waals surface area contributed by atoms with E-state index in [1.807, 2.05) is 0 Å². The van der Waals surface area contributed by atoms with E-state index in [2.05, 4.69) is 36.0 Å². The highest BCUT2D eigenvalue weighted by Gasteiger charge is 2.30. The summed E-state index contributed by atoms with van der Waals surface area (Å²) in [6, 6.07) is -0.159. The Morgan fingerprint density at radius 3 is 2.83 bits per heavy atom. The van der Waals surface area contributed by atoms with E-state index in [9.17, 15) is 13.6 Å². The number of hydrogen-bond acceptors (Lipinski definition) is 6. The summed E-state index contributed by atoms with van der Waals surface area (Å²) in [5.41, 5.74) is -0.571. The number of nitrogens with one attached hydrogen (secondary N) is 1. The third-order valence-electron chi connectivity index (χ3n) is 3.09. The zero-order valence-corrected chi connectivity index (χ0v) is 15.1. The third kappa shape index (κ3) is 5.43. The Hall–Kier alpha value is -1.71. The summed E-state index contributed by atoms with van der Waals surface area (Å²) in [7, 11) is 0. The SMILES string of the molecule is CC(C)(C)OC(=O)N1CCC(Nc2ncc(Br)nc2OC(F)F)C1. The molecule has 1 N–H and O–H groups in total. The van der Waals surface area contributed by atoms with E-state index >= 15 is 0 Å². The Labute approximate surface area is 146 Å². The van der Waals surface area contributed by atoms with Crippen molar-refractivity contribution in [3.8, 4) is 5.88 Å². The van der Waals surface area contributed by atoms with Gasteiger partial charge in [-0.3, -0.25) is 0 Å². The van der Waals surface area contributed by atoms with Crippen LogP contribution in [0.3, 0.4) is 0 Å². The number of amides is 1. The topological polar surface area (TPSA) is 76.6 Å².